The fraction of sp³-hybridized carbons (Fsp3) is 0.310. The van der Waals surface area contributed by atoms with Gasteiger partial charge in [0.2, 0.25) is 5.91 Å². The molecule has 0 saturated carbocycles. The van der Waals surface area contributed by atoms with E-state index in [0.29, 0.717) is 49.1 Å². The van der Waals surface area contributed by atoms with Gasteiger partial charge in [-0.15, -0.1) is 0 Å². The number of hydrogen-bond acceptors (Lipinski definition) is 6. The molecule has 1 fully saturated rings. The van der Waals surface area contributed by atoms with E-state index in [0.717, 1.165) is 22.4 Å². The maximum Gasteiger partial charge on any atom is 0.254 e. The Morgan fingerprint density at radius 1 is 0.865 bits per heavy atom. The Morgan fingerprint density at radius 3 is 2.14 bits per heavy atom. The van der Waals surface area contributed by atoms with Crippen LogP contribution in [0.25, 0.3) is 0 Å². The van der Waals surface area contributed by atoms with Crippen molar-refractivity contribution in [1.29, 1.82) is 0 Å². The van der Waals surface area contributed by atoms with Crippen molar-refractivity contribution >= 4 is 17.5 Å². The van der Waals surface area contributed by atoms with Crippen molar-refractivity contribution in [2.75, 3.05) is 52.5 Å². The van der Waals surface area contributed by atoms with E-state index in [1.54, 1.807) is 43.3 Å². The van der Waals surface area contributed by atoms with Crippen molar-refractivity contribution in [3.8, 4) is 17.2 Å². The van der Waals surface area contributed by atoms with Crippen LogP contribution in [0.1, 0.15) is 33.1 Å². The number of methoxy groups -OCH3 is 3. The van der Waals surface area contributed by atoms with Gasteiger partial charge in [-0.1, -0.05) is 12.1 Å². The molecule has 5 rings (SSSR count). The standard InChI is InChI=1S/C29H30N2O6/c1-34-23-10-6-19(7-11-23)28-24-18-26(36-3)25(35-2)16-21(24)17-27(32)31(28)22-8-4-20(5-9-22)29(33)30-12-14-37-15-13-30/h4-11,16,18,28H,12-15,17H2,1-3H3. The van der Waals surface area contributed by atoms with Crippen LogP contribution in [-0.2, 0) is 16.0 Å². The molecule has 3 aromatic carbocycles. The van der Waals surface area contributed by atoms with Crippen molar-refractivity contribution < 1.29 is 28.5 Å². The molecule has 0 bridgehead atoms. The van der Waals surface area contributed by atoms with Gasteiger partial charge < -0.3 is 28.7 Å². The number of fused-ring (bicyclic) bond motifs is 1. The molecule has 2 heterocycles. The molecule has 2 aliphatic rings. The topological polar surface area (TPSA) is 77.5 Å². The van der Waals surface area contributed by atoms with Gasteiger partial charge in [-0.05, 0) is 65.2 Å². The summed E-state index contributed by atoms with van der Waals surface area (Å²) in [6.07, 6.45) is 0.219. The first kappa shape index (κ1) is 24.6. The number of rotatable bonds is 6. The lowest BCUT2D eigenvalue weighted by molar-refractivity contribution is -0.118. The van der Waals surface area contributed by atoms with Crippen LogP contribution in [0, 0.1) is 0 Å². The smallest absolute Gasteiger partial charge is 0.254 e. The lowest BCUT2D eigenvalue weighted by atomic mass is 9.86. The Balaban J connectivity index is 1.56. The van der Waals surface area contributed by atoms with Crippen molar-refractivity contribution in [2.24, 2.45) is 0 Å². The molecule has 8 heteroatoms. The van der Waals surface area contributed by atoms with Crippen LogP contribution in [-0.4, -0.2) is 64.3 Å². The normalized spacial score (nSPS) is 17.3. The van der Waals surface area contributed by atoms with Gasteiger partial charge in [0.1, 0.15) is 5.75 Å². The lowest BCUT2D eigenvalue weighted by Crippen LogP contribution is -2.41. The summed E-state index contributed by atoms with van der Waals surface area (Å²) in [7, 11) is 4.81. The molecule has 1 saturated heterocycles. The molecule has 2 amide bonds. The largest absolute Gasteiger partial charge is 0.497 e. The third-order valence-electron chi connectivity index (χ3n) is 6.93. The second kappa shape index (κ2) is 10.5. The molecular weight excluding hydrogens is 472 g/mol. The van der Waals surface area contributed by atoms with E-state index in [2.05, 4.69) is 0 Å². The predicted molar refractivity (Wildman–Crippen MR) is 139 cm³/mol. The summed E-state index contributed by atoms with van der Waals surface area (Å²) in [5.74, 6) is 1.83. The Kier molecular flexibility index (Phi) is 7.01. The van der Waals surface area contributed by atoms with E-state index < -0.39 is 6.04 Å². The van der Waals surface area contributed by atoms with E-state index in [9.17, 15) is 9.59 Å². The first-order chi connectivity index (χ1) is 18.0. The van der Waals surface area contributed by atoms with Crippen LogP contribution in [0.3, 0.4) is 0 Å². The van der Waals surface area contributed by atoms with Crippen molar-refractivity contribution in [2.45, 2.75) is 12.5 Å². The van der Waals surface area contributed by atoms with Gasteiger partial charge in [0.25, 0.3) is 5.91 Å². The maximum atomic E-state index is 13.6. The average Bonchev–Trinajstić information content (AvgIpc) is 2.96. The van der Waals surface area contributed by atoms with Crippen LogP contribution < -0.4 is 19.1 Å². The third kappa shape index (κ3) is 4.72. The highest BCUT2D eigenvalue weighted by Gasteiger charge is 2.36. The monoisotopic (exact) mass is 502 g/mol. The van der Waals surface area contributed by atoms with Crippen LogP contribution >= 0.6 is 0 Å². The first-order valence-electron chi connectivity index (χ1n) is 12.2. The van der Waals surface area contributed by atoms with Crippen LogP contribution in [0.5, 0.6) is 17.2 Å². The number of anilines is 1. The molecular formula is C29H30N2O6. The average molecular weight is 503 g/mol. The molecule has 0 aromatic heterocycles. The molecule has 2 aliphatic heterocycles. The van der Waals surface area contributed by atoms with Crippen molar-refractivity contribution in [3.63, 3.8) is 0 Å². The summed E-state index contributed by atoms with van der Waals surface area (Å²) in [5, 5.41) is 0. The highest BCUT2D eigenvalue weighted by Crippen LogP contribution is 2.43. The zero-order valence-corrected chi connectivity index (χ0v) is 21.2. The Labute approximate surface area is 216 Å². The van der Waals surface area contributed by atoms with Gasteiger partial charge >= 0.3 is 0 Å². The van der Waals surface area contributed by atoms with Gasteiger partial charge in [0, 0.05) is 24.3 Å². The van der Waals surface area contributed by atoms with Gasteiger partial charge in [-0.3, -0.25) is 9.59 Å². The highest BCUT2D eigenvalue weighted by atomic mass is 16.5. The number of hydrogen-bond donors (Lipinski definition) is 0. The highest BCUT2D eigenvalue weighted by molar-refractivity contribution is 5.99. The summed E-state index contributed by atoms with van der Waals surface area (Å²) in [4.78, 5) is 30.2. The third-order valence-corrected chi connectivity index (χ3v) is 6.93. The Morgan fingerprint density at radius 2 is 1.51 bits per heavy atom. The molecule has 1 atom stereocenters. The van der Waals surface area contributed by atoms with E-state index in [-0.39, 0.29) is 18.2 Å². The van der Waals surface area contributed by atoms with Gasteiger partial charge in [-0.2, -0.15) is 0 Å². The molecule has 0 N–H and O–H groups in total. The summed E-state index contributed by atoms with van der Waals surface area (Å²) >= 11 is 0. The van der Waals surface area contributed by atoms with E-state index >= 15 is 0 Å². The van der Waals surface area contributed by atoms with Crippen molar-refractivity contribution in [1.82, 2.24) is 4.90 Å². The molecule has 37 heavy (non-hydrogen) atoms. The van der Waals surface area contributed by atoms with Crippen LogP contribution in [0.4, 0.5) is 5.69 Å². The second-order valence-electron chi connectivity index (χ2n) is 8.97. The molecule has 8 nitrogen and oxygen atoms in total. The molecule has 0 radical (unpaired) electrons. The summed E-state index contributed by atoms with van der Waals surface area (Å²) in [6, 6.07) is 18.4. The lowest BCUT2D eigenvalue weighted by Gasteiger charge is -2.38. The van der Waals surface area contributed by atoms with Crippen LogP contribution in [0.15, 0.2) is 60.7 Å². The quantitative estimate of drug-likeness (QED) is 0.510. The Bertz CT molecular complexity index is 1280. The number of benzene rings is 3. The van der Waals surface area contributed by atoms with Crippen molar-refractivity contribution in [3.05, 3.63) is 82.9 Å². The van der Waals surface area contributed by atoms with E-state index in [1.807, 2.05) is 48.5 Å². The number of morpholine rings is 1. The summed E-state index contributed by atoms with van der Waals surface area (Å²) in [6.45, 7) is 2.24. The van der Waals surface area contributed by atoms with E-state index in [1.165, 1.54) is 0 Å². The number of carbonyl (C=O) groups is 2. The number of ether oxygens (including phenoxy) is 4. The molecule has 3 aromatic rings. The Hall–Kier alpha value is -4.04. The van der Waals surface area contributed by atoms with Gasteiger partial charge in [-0.25, -0.2) is 0 Å². The zero-order chi connectivity index (χ0) is 25.9. The van der Waals surface area contributed by atoms with Gasteiger partial charge in [0.05, 0.1) is 47.0 Å². The summed E-state index contributed by atoms with van der Waals surface area (Å²) in [5.41, 5.74) is 4.07. The minimum absolute atomic E-state index is 0.0336. The molecule has 1 unspecified atom stereocenters. The number of nitrogens with zero attached hydrogens (tertiary/aromatic N) is 2. The molecule has 0 aliphatic carbocycles. The van der Waals surface area contributed by atoms with Gasteiger partial charge in [0.15, 0.2) is 11.5 Å². The van der Waals surface area contributed by atoms with Crippen LogP contribution in [0.2, 0.25) is 0 Å². The second-order valence-corrected chi connectivity index (χ2v) is 8.97. The number of carbonyl (C=O) groups excluding carboxylic acids is 2. The van der Waals surface area contributed by atoms with E-state index in [4.69, 9.17) is 18.9 Å². The minimum Gasteiger partial charge on any atom is -0.497 e. The maximum absolute atomic E-state index is 13.6. The fourth-order valence-corrected chi connectivity index (χ4v) is 5.00. The molecule has 0 spiro atoms. The minimum atomic E-state index is -0.400. The SMILES string of the molecule is COc1ccc(C2c3cc(OC)c(OC)cc3CC(=O)N2c2ccc(C(=O)N3CCOCC3)cc2)cc1. The summed E-state index contributed by atoms with van der Waals surface area (Å²) < 4.78 is 21.8. The molecule has 192 valence electrons. The predicted octanol–water partition coefficient (Wildman–Crippen LogP) is 3.86. The number of amides is 2. The first-order valence-corrected chi connectivity index (χ1v) is 12.2. The fourth-order valence-electron chi connectivity index (χ4n) is 5.00. The zero-order valence-electron chi connectivity index (χ0n) is 21.2.